The van der Waals surface area contributed by atoms with Gasteiger partial charge in [0.2, 0.25) is 0 Å². The maximum Gasteiger partial charge on any atom is 0.331 e. The Labute approximate surface area is 101 Å². The Morgan fingerprint density at radius 3 is 2.44 bits per heavy atom. The van der Waals surface area contributed by atoms with E-state index < -0.39 is 5.97 Å². The van der Waals surface area contributed by atoms with E-state index in [1.807, 2.05) is 30.3 Å². The van der Waals surface area contributed by atoms with Crippen LogP contribution in [0, 0.1) is 0 Å². The molecule has 0 radical (unpaired) electrons. The lowest BCUT2D eigenvalue weighted by Crippen LogP contribution is -2.04. The Bertz CT molecular complexity index is 349. The summed E-state index contributed by atoms with van der Waals surface area (Å²) in [6.07, 6.45) is 2.91. The molecule has 0 heterocycles. The molecule has 0 saturated carbocycles. The molecule has 4 heteroatoms. The number of carbonyl (C=O) groups is 1. The van der Waals surface area contributed by atoms with E-state index in [1.165, 1.54) is 0 Å². The molecule has 1 rings (SSSR count). The summed E-state index contributed by atoms with van der Waals surface area (Å²) < 4.78 is 0. The smallest absolute Gasteiger partial charge is 0.331 e. The lowest BCUT2D eigenvalue weighted by Gasteiger charge is -2.01. The Morgan fingerprint density at radius 1 is 1.31 bits per heavy atom. The van der Waals surface area contributed by atoms with Crippen molar-refractivity contribution in [2.75, 3.05) is 6.54 Å². The second kappa shape index (κ2) is 7.91. The zero-order valence-corrected chi connectivity index (χ0v) is 9.74. The van der Waals surface area contributed by atoms with E-state index >= 15 is 0 Å². The predicted molar refractivity (Wildman–Crippen MR) is 67.6 cm³/mol. The van der Waals surface area contributed by atoms with Crippen molar-refractivity contribution in [3.8, 4) is 0 Å². The second-order valence-electron chi connectivity index (χ2n) is 3.28. The van der Waals surface area contributed by atoms with Crippen LogP contribution in [0.25, 0.3) is 6.08 Å². The fourth-order valence-electron chi connectivity index (χ4n) is 1.28. The fourth-order valence-corrected chi connectivity index (χ4v) is 1.28. The minimum Gasteiger partial charge on any atom is -0.478 e. The number of carboxylic acids is 1. The van der Waals surface area contributed by atoms with Crippen LogP contribution < -0.4 is 5.73 Å². The second-order valence-corrected chi connectivity index (χ2v) is 3.28. The zero-order valence-electron chi connectivity index (χ0n) is 8.93. The first-order valence-electron chi connectivity index (χ1n) is 4.93. The molecule has 3 nitrogen and oxygen atoms in total. The molecule has 0 saturated heterocycles. The first kappa shape index (κ1) is 14.7. The SMILES string of the molecule is Cl.NCCC/C(=C\c1ccccc1)C(=O)O. The van der Waals surface area contributed by atoms with Crippen molar-refractivity contribution >= 4 is 24.5 Å². The van der Waals surface area contributed by atoms with Gasteiger partial charge in [0.05, 0.1) is 0 Å². The summed E-state index contributed by atoms with van der Waals surface area (Å²) in [6, 6.07) is 9.43. The quantitative estimate of drug-likeness (QED) is 0.778. The van der Waals surface area contributed by atoms with E-state index in [9.17, 15) is 4.79 Å². The van der Waals surface area contributed by atoms with E-state index in [1.54, 1.807) is 6.08 Å². The number of aliphatic carboxylic acids is 1. The zero-order chi connectivity index (χ0) is 11.1. The van der Waals surface area contributed by atoms with Crippen LogP contribution in [-0.2, 0) is 4.79 Å². The van der Waals surface area contributed by atoms with Gasteiger partial charge < -0.3 is 10.8 Å². The monoisotopic (exact) mass is 241 g/mol. The van der Waals surface area contributed by atoms with Gasteiger partial charge in [0.15, 0.2) is 0 Å². The molecule has 0 bridgehead atoms. The number of hydrogen-bond acceptors (Lipinski definition) is 2. The van der Waals surface area contributed by atoms with Crippen LogP contribution in [0.2, 0.25) is 0 Å². The number of carboxylic acid groups (broad SMARTS) is 1. The van der Waals surface area contributed by atoms with Gasteiger partial charge in [0.25, 0.3) is 0 Å². The van der Waals surface area contributed by atoms with Crippen LogP contribution in [0.3, 0.4) is 0 Å². The van der Waals surface area contributed by atoms with Crippen molar-refractivity contribution < 1.29 is 9.90 Å². The Morgan fingerprint density at radius 2 is 1.94 bits per heavy atom. The highest BCUT2D eigenvalue weighted by atomic mass is 35.5. The lowest BCUT2D eigenvalue weighted by molar-refractivity contribution is -0.132. The summed E-state index contributed by atoms with van der Waals surface area (Å²) in [5, 5.41) is 8.95. The molecule has 0 atom stereocenters. The molecule has 0 spiro atoms. The van der Waals surface area contributed by atoms with Crippen LogP contribution in [-0.4, -0.2) is 17.6 Å². The van der Waals surface area contributed by atoms with Gasteiger partial charge in [-0.2, -0.15) is 0 Å². The first-order valence-corrected chi connectivity index (χ1v) is 4.93. The van der Waals surface area contributed by atoms with Gasteiger partial charge in [0, 0.05) is 5.57 Å². The van der Waals surface area contributed by atoms with Gasteiger partial charge in [-0.15, -0.1) is 12.4 Å². The maximum absolute atomic E-state index is 10.9. The third-order valence-corrected chi connectivity index (χ3v) is 2.07. The minimum atomic E-state index is -0.868. The molecule has 0 aliphatic heterocycles. The number of rotatable bonds is 5. The average Bonchev–Trinajstić information content (AvgIpc) is 2.25. The number of benzene rings is 1. The molecular formula is C12H16ClNO2. The van der Waals surface area contributed by atoms with Crippen LogP contribution in [0.4, 0.5) is 0 Å². The van der Waals surface area contributed by atoms with E-state index in [-0.39, 0.29) is 12.4 Å². The van der Waals surface area contributed by atoms with Gasteiger partial charge in [-0.1, -0.05) is 30.3 Å². The summed E-state index contributed by atoms with van der Waals surface area (Å²) in [4.78, 5) is 10.9. The fraction of sp³-hybridized carbons (Fsp3) is 0.250. The molecular weight excluding hydrogens is 226 g/mol. The normalized spacial score (nSPS) is 10.7. The molecule has 0 fully saturated rings. The van der Waals surface area contributed by atoms with Crippen LogP contribution in [0.1, 0.15) is 18.4 Å². The Hall–Kier alpha value is -1.32. The molecule has 0 aromatic heterocycles. The van der Waals surface area contributed by atoms with E-state index in [4.69, 9.17) is 10.8 Å². The third kappa shape index (κ3) is 4.96. The van der Waals surface area contributed by atoms with Gasteiger partial charge in [-0.25, -0.2) is 4.79 Å². The van der Waals surface area contributed by atoms with Gasteiger partial charge in [-0.3, -0.25) is 0 Å². The molecule has 1 aromatic rings. The van der Waals surface area contributed by atoms with Crippen LogP contribution in [0.15, 0.2) is 35.9 Å². The number of halogens is 1. The average molecular weight is 242 g/mol. The summed E-state index contributed by atoms with van der Waals surface area (Å²) in [5.74, 6) is -0.868. The van der Waals surface area contributed by atoms with Crippen LogP contribution in [0.5, 0.6) is 0 Å². The van der Waals surface area contributed by atoms with E-state index in [2.05, 4.69) is 0 Å². The summed E-state index contributed by atoms with van der Waals surface area (Å²) in [6.45, 7) is 0.513. The highest BCUT2D eigenvalue weighted by Gasteiger charge is 2.05. The van der Waals surface area contributed by atoms with Crippen molar-refractivity contribution in [3.63, 3.8) is 0 Å². The Kier molecular flexibility index (Phi) is 7.25. The molecule has 0 amide bonds. The minimum absolute atomic E-state index is 0. The lowest BCUT2D eigenvalue weighted by atomic mass is 10.1. The molecule has 1 aromatic carbocycles. The summed E-state index contributed by atoms with van der Waals surface area (Å²) in [5.41, 5.74) is 6.67. The van der Waals surface area contributed by atoms with Crippen molar-refractivity contribution in [3.05, 3.63) is 41.5 Å². The third-order valence-electron chi connectivity index (χ3n) is 2.07. The Balaban J connectivity index is 0.00000225. The topological polar surface area (TPSA) is 63.3 Å². The molecule has 3 N–H and O–H groups in total. The van der Waals surface area contributed by atoms with Gasteiger partial charge in [0.1, 0.15) is 0 Å². The standard InChI is InChI=1S/C12H15NO2.ClH/c13-8-4-7-11(12(14)15)9-10-5-2-1-3-6-10;/h1-3,5-6,9H,4,7-8,13H2,(H,14,15);1H/b11-9+;. The van der Waals surface area contributed by atoms with Gasteiger partial charge >= 0.3 is 5.97 Å². The molecule has 0 unspecified atom stereocenters. The van der Waals surface area contributed by atoms with Crippen molar-refractivity contribution in [1.29, 1.82) is 0 Å². The molecule has 88 valence electrons. The van der Waals surface area contributed by atoms with E-state index in [0.29, 0.717) is 25.0 Å². The van der Waals surface area contributed by atoms with Crippen molar-refractivity contribution in [2.24, 2.45) is 5.73 Å². The molecule has 0 aliphatic carbocycles. The van der Waals surface area contributed by atoms with E-state index in [0.717, 1.165) is 5.56 Å². The number of hydrogen-bond donors (Lipinski definition) is 2. The molecule has 16 heavy (non-hydrogen) atoms. The molecule has 0 aliphatic rings. The van der Waals surface area contributed by atoms with Crippen molar-refractivity contribution in [2.45, 2.75) is 12.8 Å². The van der Waals surface area contributed by atoms with Gasteiger partial charge in [-0.05, 0) is 31.0 Å². The predicted octanol–water partition coefficient (Wildman–Crippen LogP) is 2.32. The van der Waals surface area contributed by atoms with Crippen molar-refractivity contribution in [1.82, 2.24) is 0 Å². The first-order chi connectivity index (χ1) is 7.24. The maximum atomic E-state index is 10.9. The summed E-state index contributed by atoms with van der Waals surface area (Å²) in [7, 11) is 0. The van der Waals surface area contributed by atoms with Crippen LogP contribution >= 0.6 is 12.4 Å². The largest absolute Gasteiger partial charge is 0.478 e. The number of nitrogens with two attached hydrogens (primary N) is 1. The summed E-state index contributed by atoms with van der Waals surface area (Å²) >= 11 is 0. The highest BCUT2D eigenvalue weighted by molar-refractivity contribution is 5.92. The highest BCUT2D eigenvalue weighted by Crippen LogP contribution is 2.11.